The Kier molecular flexibility index (Phi) is 3.62. The number of hydrogen-bond donors (Lipinski definition) is 2. The van der Waals surface area contributed by atoms with Gasteiger partial charge in [-0.05, 0) is 18.2 Å². The average molecular weight is 281 g/mol. The van der Waals surface area contributed by atoms with Gasteiger partial charge in [0, 0.05) is 10.0 Å². The molecule has 0 aromatic heterocycles. The maximum atomic E-state index is 13.1. The fourth-order valence-electron chi connectivity index (χ4n) is 0.967. The van der Waals surface area contributed by atoms with E-state index in [0.29, 0.717) is 4.47 Å². The maximum absolute atomic E-state index is 13.1. The number of anilines is 1. The first-order valence-electron chi connectivity index (χ1n) is 3.91. The van der Waals surface area contributed by atoms with E-state index in [4.69, 9.17) is 11.5 Å². The predicted molar refractivity (Wildman–Crippen MR) is 56.7 cm³/mol. The molecule has 2 nitrogen and oxygen atoms in total. The van der Waals surface area contributed by atoms with Crippen LogP contribution in [0.4, 0.5) is 18.9 Å². The molecule has 82 valence electrons. The first-order valence-corrected chi connectivity index (χ1v) is 4.71. The normalized spacial score (nSPS) is 12.2. The van der Waals surface area contributed by atoms with Crippen LogP contribution in [-0.2, 0) is 0 Å². The van der Waals surface area contributed by atoms with Crippen LogP contribution < -0.4 is 11.5 Å². The van der Waals surface area contributed by atoms with E-state index in [0.717, 1.165) is 12.1 Å². The molecular weight excluding hydrogens is 273 g/mol. The quantitative estimate of drug-likeness (QED) is 0.819. The molecule has 0 unspecified atom stereocenters. The average Bonchev–Trinajstić information content (AvgIpc) is 2.13. The Bertz CT molecular complexity index is 405. The molecule has 1 rings (SSSR count). The third-order valence-electron chi connectivity index (χ3n) is 1.70. The van der Waals surface area contributed by atoms with Crippen LogP contribution in [0.3, 0.4) is 0 Å². The van der Waals surface area contributed by atoms with Gasteiger partial charge in [-0.2, -0.15) is 0 Å². The Morgan fingerprint density at radius 3 is 2.53 bits per heavy atom. The lowest BCUT2D eigenvalue weighted by Crippen LogP contribution is -2.07. The number of nitrogens with two attached hydrogens (primary N) is 2. The third-order valence-corrected chi connectivity index (χ3v) is 2.16. The van der Waals surface area contributed by atoms with E-state index >= 15 is 0 Å². The van der Waals surface area contributed by atoms with Crippen molar-refractivity contribution < 1.29 is 13.2 Å². The molecule has 0 saturated carbocycles. The Morgan fingerprint density at radius 1 is 1.40 bits per heavy atom. The standard InChI is InChI=1S/C9H8BrF3N2/c10-5-1-4(2-7(14)9(12)13)8(15)6(11)3-5/h1-3,9H,14-15H2/b7-2-. The largest absolute Gasteiger partial charge is 0.397 e. The van der Waals surface area contributed by atoms with Crippen molar-refractivity contribution >= 4 is 27.7 Å². The molecule has 0 saturated heterocycles. The zero-order valence-corrected chi connectivity index (χ0v) is 9.06. The lowest BCUT2D eigenvalue weighted by atomic mass is 10.1. The summed E-state index contributed by atoms with van der Waals surface area (Å²) in [4.78, 5) is 0. The monoisotopic (exact) mass is 280 g/mol. The van der Waals surface area contributed by atoms with Crippen molar-refractivity contribution in [2.75, 3.05) is 5.73 Å². The van der Waals surface area contributed by atoms with Crippen LogP contribution in [0.25, 0.3) is 6.08 Å². The number of halogens is 4. The van der Waals surface area contributed by atoms with Crippen LogP contribution in [0.5, 0.6) is 0 Å². The van der Waals surface area contributed by atoms with Crippen molar-refractivity contribution in [3.63, 3.8) is 0 Å². The maximum Gasteiger partial charge on any atom is 0.277 e. The number of hydrogen-bond acceptors (Lipinski definition) is 2. The smallest absolute Gasteiger partial charge is 0.277 e. The summed E-state index contributed by atoms with van der Waals surface area (Å²) in [6.45, 7) is 0. The number of alkyl halides is 2. The molecule has 0 fully saturated rings. The summed E-state index contributed by atoms with van der Waals surface area (Å²) >= 11 is 3.02. The second-order valence-electron chi connectivity index (χ2n) is 2.84. The van der Waals surface area contributed by atoms with Crippen LogP contribution in [0, 0.1) is 5.82 Å². The number of rotatable bonds is 2. The molecule has 15 heavy (non-hydrogen) atoms. The molecule has 0 bridgehead atoms. The third kappa shape index (κ3) is 2.89. The summed E-state index contributed by atoms with van der Waals surface area (Å²) in [5.74, 6) is -0.683. The summed E-state index contributed by atoms with van der Waals surface area (Å²) < 4.78 is 37.7. The molecule has 6 heteroatoms. The van der Waals surface area contributed by atoms with Gasteiger partial charge in [-0.3, -0.25) is 0 Å². The van der Waals surface area contributed by atoms with E-state index in [1.54, 1.807) is 0 Å². The fourth-order valence-corrected chi connectivity index (χ4v) is 1.41. The second-order valence-corrected chi connectivity index (χ2v) is 3.75. The lowest BCUT2D eigenvalue weighted by Gasteiger charge is -2.05. The van der Waals surface area contributed by atoms with Gasteiger partial charge in [-0.1, -0.05) is 15.9 Å². The summed E-state index contributed by atoms with van der Waals surface area (Å²) in [5, 5.41) is 0. The van der Waals surface area contributed by atoms with E-state index in [9.17, 15) is 13.2 Å². The molecule has 0 radical (unpaired) electrons. The van der Waals surface area contributed by atoms with Gasteiger partial charge in [0.05, 0.1) is 11.4 Å². The Balaban J connectivity index is 3.21. The van der Waals surface area contributed by atoms with Gasteiger partial charge < -0.3 is 11.5 Å². The highest BCUT2D eigenvalue weighted by molar-refractivity contribution is 9.10. The second kappa shape index (κ2) is 4.57. The van der Waals surface area contributed by atoms with E-state index in [1.165, 1.54) is 6.07 Å². The molecule has 4 N–H and O–H groups in total. The highest BCUT2D eigenvalue weighted by Gasteiger charge is 2.09. The van der Waals surface area contributed by atoms with E-state index in [1.807, 2.05) is 0 Å². The first kappa shape index (κ1) is 11.9. The molecule has 0 spiro atoms. The Morgan fingerprint density at radius 2 is 2.00 bits per heavy atom. The van der Waals surface area contributed by atoms with Crippen molar-refractivity contribution in [1.82, 2.24) is 0 Å². The number of allylic oxidation sites excluding steroid dienone is 1. The molecule has 0 aliphatic heterocycles. The molecule has 1 aromatic carbocycles. The number of nitrogen functional groups attached to an aromatic ring is 1. The Labute approximate surface area is 92.9 Å². The molecule has 0 aliphatic rings. The van der Waals surface area contributed by atoms with Crippen LogP contribution in [0.1, 0.15) is 5.56 Å². The van der Waals surface area contributed by atoms with Crippen molar-refractivity contribution in [3.8, 4) is 0 Å². The van der Waals surface area contributed by atoms with Crippen molar-refractivity contribution in [2.45, 2.75) is 6.43 Å². The molecule has 0 heterocycles. The topological polar surface area (TPSA) is 52.0 Å². The molecular formula is C9H8BrF3N2. The van der Waals surface area contributed by atoms with Crippen molar-refractivity contribution in [1.29, 1.82) is 0 Å². The highest BCUT2D eigenvalue weighted by Crippen LogP contribution is 2.24. The zero-order valence-electron chi connectivity index (χ0n) is 7.48. The SMILES string of the molecule is N/C(=C\c1cc(Br)cc(F)c1N)C(F)F. The van der Waals surface area contributed by atoms with E-state index in [2.05, 4.69) is 15.9 Å². The summed E-state index contributed by atoms with van der Waals surface area (Å²) in [5.41, 5.74) is 9.66. The van der Waals surface area contributed by atoms with Crippen molar-refractivity contribution in [3.05, 3.63) is 33.7 Å². The van der Waals surface area contributed by atoms with Gasteiger partial charge in [0.25, 0.3) is 6.43 Å². The van der Waals surface area contributed by atoms with Gasteiger partial charge in [0.1, 0.15) is 5.82 Å². The molecule has 0 atom stereocenters. The highest BCUT2D eigenvalue weighted by atomic mass is 79.9. The van der Waals surface area contributed by atoms with Crippen molar-refractivity contribution in [2.24, 2.45) is 5.73 Å². The van der Waals surface area contributed by atoms with Gasteiger partial charge >= 0.3 is 0 Å². The number of benzene rings is 1. The Hall–Kier alpha value is -1.17. The molecule has 0 aliphatic carbocycles. The fraction of sp³-hybridized carbons (Fsp3) is 0.111. The van der Waals surface area contributed by atoms with Gasteiger partial charge in [0.2, 0.25) is 0 Å². The minimum Gasteiger partial charge on any atom is -0.397 e. The minimum absolute atomic E-state index is 0.125. The van der Waals surface area contributed by atoms with Crippen LogP contribution in [-0.4, -0.2) is 6.43 Å². The van der Waals surface area contributed by atoms with Gasteiger partial charge in [0.15, 0.2) is 0 Å². The molecule has 0 amide bonds. The first-order chi connectivity index (χ1) is 6.91. The van der Waals surface area contributed by atoms with Gasteiger partial charge in [-0.25, -0.2) is 13.2 Å². The van der Waals surface area contributed by atoms with Gasteiger partial charge in [-0.15, -0.1) is 0 Å². The minimum atomic E-state index is -2.79. The predicted octanol–water partition coefficient (Wildman–Crippen LogP) is 2.74. The van der Waals surface area contributed by atoms with E-state index < -0.39 is 17.9 Å². The molecule has 1 aromatic rings. The lowest BCUT2D eigenvalue weighted by molar-refractivity contribution is 0.189. The summed E-state index contributed by atoms with van der Waals surface area (Å²) in [6.07, 6.45) is -1.83. The van der Waals surface area contributed by atoms with Crippen LogP contribution in [0.2, 0.25) is 0 Å². The summed E-state index contributed by atoms with van der Waals surface area (Å²) in [7, 11) is 0. The zero-order chi connectivity index (χ0) is 11.6. The summed E-state index contributed by atoms with van der Waals surface area (Å²) in [6, 6.07) is 2.55. The van der Waals surface area contributed by atoms with Crippen LogP contribution >= 0.6 is 15.9 Å². The van der Waals surface area contributed by atoms with Crippen LogP contribution in [0.15, 0.2) is 22.3 Å². The van der Waals surface area contributed by atoms with E-state index in [-0.39, 0.29) is 11.3 Å².